The number of ketones is 1. The second-order valence-corrected chi connectivity index (χ2v) is 13.4. The van der Waals surface area contributed by atoms with Gasteiger partial charge in [0.2, 0.25) is 5.91 Å². The molecular formula is C30H37F3N2O4S. The van der Waals surface area contributed by atoms with Gasteiger partial charge in [-0.1, -0.05) is 30.3 Å². The van der Waals surface area contributed by atoms with Crippen LogP contribution < -0.4 is 0 Å². The van der Waals surface area contributed by atoms with E-state index in [0.29, 0.717) is 25.8 Å². The third-order valence-corrected chi connectivity index (χ3v) is 10.4. The Morgan fingerprint density at radius 1 is 1.05 bits per heavy atom. The second-order valence-electron chi connectivity index (χ2n) is 11.4. The topological polar surface area (TPSA) is 74.8 Å². The van der Waals surface area contributed by atoms with Crippen molar-refractivity contribution in [1.29, 1.82) is 0 Å². The molecule has 1 saturated carbocycles. The number of hydrogen-bond donors (Lipinski definition) is 0. The SMILES string of the molecule is CC(C)N(C)C1CCC(N2CCC(CC(=O)c3cccc(C(F)(F)F)c3)C2=O)C(CS(=O)(=O)c2ccccc2)C1. The van der Waals surface area contributed by atoms with E-state index in [9.17, 15) is 31.2 Å². The Hall–Kier alpha value is -2.72. The third kappa shape index (κ3) is 6.77. The molecule has 2 aliphatic rings. The van der Waals surface area contributed by atoms with Gasteiger partial charge in [-0.3, -0.25) is 9.59 Å². The number of nitrogens with zero attached hydrogens (tertiary/aromatic N) is 2. The number of benzene rings is 2. The monoisotopic (exact) mass is 578 g/mol. The Morgan fingerprint density at radius 2 is 1.75 bits per heavy atom. The van der Waals surface area contributed by atoms with E-state index in [4.69, 9.17) is 0 Å². The van der Waals surface area contributed by atoms with E-state index in [2.05, 4.69) is 18.7 Å². The largest absolute Gasteiger partial charge is 0.416 e. The third-order valence-electron chi connectivity index (χ3n) is 8.54. The fourth-order valence-electron chi connectivity index (χ4n) is 6.10. The van der Waals surface area contributed by atoms with Crippen molar-refractivity contribution in [1.82, 2.24) is 9.80 Å². The van der Waals surface area contributed by atoms with Gasteiger partial charge in [-0.15, -0.1) is 0 Å². The summed E-state index contributed by atoms with van der Waals surface area (Å²) >= 11 is 0. The van der Waals surface area contributed by atoms with Crippen LogP contribution in [0.3, 0.4) is 0 Å². The van der Waals surface area contributed by atoms with Crippen LogP contribution in [-0.4, -0.2) is 67.4 Å². The molecular weight excluding hydrogens is 541 g/mol. The van der Waals surface area contributed by atoms with Crippen LogP contribution in [-0.2, 0) is 20.8 Å². The van der Waals surface area contributed by atoms with Crippen molar-refractivity contribution in [2.75, 3.05) is 19.3 Å². The number of amides is 1. The van der Waals surface area contributed by atoms with Gasteiger partial charge >= 0.3 is 6.18 Å². The number of likely N-dealkylation sites (tertiary alicyclic amines) is 1. The van der Waals surface area contributed by atoms with Crippen molar-refractivity contribution in [3.05, 3.63) is 65.7 Å². The molecule has 10 heteroatoms. The molecule has 4 atom stereocenters. The molecule has 2 fully saturated rings. The first-order chi connectivity index (χ1) is 18.8. The van der Waals surface area contributed by atoms with Crippen LogP contribution >= 0.6 is 0 Å². The van der Waals surface area contributed by atoms with Crippen molar-refractivity contribution < 1.29 is 31.2 Å². The van der Waals surface area contributed by atoms with E-state index < -0.39 is 33.3 Å². The summed E-state index contributed by atoms with van der Waals surface area (Å²) < 4.78 is 66.1. The fourth-order valence-corrected chi connectivity index (χ4v) is 7.79. The number of rotatable bonds is 9. The van der Waals surface area contributed by atoms with Crippen LogP contribution in [0.1, 0.15) is 61.9 Å². The lowest BCUT2D eigenvalue weighted by atomic mass is 9.80. The number of Topliss-reactive ketones (excluding diaryl/α,β-unsaturated/α-hetero) is 1. The molecule has 1 heterocycles. The molecule has 4 rings (SSSR count). The van der Waals surface area contributed by atoms with E-state index in [1.165, 1.54) is 12.1 Å². The van der Waals surface area contributed by atoms with Crippen LogP contribution in [0.2, 0.25) is 0 Å². The van der Waals surface area contributed by atoms with E-state index in [1.807, 2.05) is 7.05 Å². The summed E-state index contributed by atoms with van der Waals surface area (Å²) in [5.74, 6) is -1.72. The van der Waals surface area contributed by atoms with Gasteiger partial charge in [0.1, 0.15) is 0 Å². The highest BCUT2D eigenvalue weighted by atomic mass is 32.2. The van der Waals surface area contributed by atoms with Gasteiger partial charge in [-0.2, -0.15) is 13.2 Å². The number of halogens is 3. The highest BCUT2D eigenvalue weighted by Crippen LogP contribution is 2.37. The van der Waals surface area contributed by atoms with Crippen molar-refractivity contribution in [3.8, 4) is 0 Å². The lowest BCUT2D eigenvalue weighted by Crippen LogP contribution is -2.51. The zero-order valence-corrected chi connectivity index (χ0v) is 23.9. The smallest absolute Gasteiger partial charge is 0.339 e. The van der Waals surface area contributed by atoms with Gasteiger partial charge in [0.25, 0.3) is 0 Å². The lowest BCUT2D eigenvalue weighted by molar-refractivity contribution is -0.137. The van der Waals surface area contributed by atoms with Crippen LogP contribution in [0, 0.1) is 11.8 Å². The summed E-state index contributed by atoms with van der Waals surface area (Å²) in [4.78, 5) is 30.7. The minimum absolute atomic E-state index is 0.0647. The zero-order chi connectivity index (χ0) is 29.2. The molecule has 4 unspecified atom stereocenters. The number of carbonyl (C=O) groups excluding carboxylic acids is 2. The van der Waals surface area contributed by atoms with E-state index in [-0.39, 0.29) is 52.6 Å². The lowest BCUT2D eigenvalue weighted by Gasteiger charge is -2.44. The summed E-state index contributed by atoms with van der Waals surface area (Å²) in [5.41, 5.74) is -0.964. The van der Waals surface area contributed by atoms with Gasteiger partial charge in [0.05, 0.1) is 16.2 Å². The van der Waals surface area contributed by atoms with E-state index in [0.717, 1.165) is 18.6 Å². The van der Waals surface area contributed by atoms with Crippen LogP contribution in [0.5, 0.6) is 0 Å². The Morgan fingerprint density at radius 3 is 2.40 bits per heavy atom. The highest BCUT2D eigenvalue weighted by molar-refractivity contribution is 7.91. The molecule has 40 heavy (non-hydrogen) atoms. The Labute approximate surface area is 234 Å². The molecule has 0 spiro atoms. The molecule has 0 N–H and O–H groups in total. The first-order valence-electron chi connectivity index (χ1n) is 13.8. The molecule has 1 saturated heterocycles. The molecule has 1 aliphatic heterocycles. The van der Waals surface area contributed by atoms with E-state index in [1.54, 1.807) is 35.2 Å². The molecule has 0 bridgehead atoms. The predicted molar refractivity (Wildman–Crippen MR) is 147 cm³/mol. The minimum Gasteiger partial charge on any atom is -0.339 e. The second kappa shape index (κ2) is 12.0. The predicted octanol–water partition coefficient (Wildman–Crippen LogP) is 5.48. The van der Waals surface area contributed by atoms with Crippen molar-refractivity contribution >= 4 is 21.5 Å². The quantitative estimate of drug-likeness (QED) is 0.369. The van der Waals surface area contributed by atoms with Gasteiger partial charge in [0.15, 0.2) is 15.6 Å². The van der Waals surface area contributed by atoms with Crippen LogP contribution in [0.25, 0.3) is 0 Å². The van der Waals surface area contributed by atoms with Gasteiger partial charge in [0, 0.05) is 42.6 Å². The normalized spacial score (nSPS) is 24.2. The molecule has 2 aromatic rings. The standard InChI is InChI=1S/C30H37F3N2O4S/c1-20(2)34(3)25-12-13-27(23(17-25)19-40(38,39)26-10-5-4-6-11-26)35-15-14-22(29(35)37)18-28(36)21-8-7-9-24(16-21)30(31,32)33/h4-11,16,20,22-23,25,27H,12-15,17-19H2,1-3H3. The molecule has 2 aromatic carbocycles. The first-order valence-corrected chi connectivity index (χ1v) is 15.4. The van der Waals surface area contributed by atoms with E-state index >= 15 is 0 Å². The average Bonchev–Trinajstić information content (AvgIpc) is 3.27. The molecule has 0 aromatic heterocycles. The van der Waals surface area contributed by atoms with Crippen LogP contribution in [0.15, 0.2) is 59.5 Å². The molecule has 1 amide bonds. The number of alkyl halides is 3. The van der Waals surface area contributed by atoms with Gasteiger partial charge < -0.3 is 9.80 Å². The minimum atomic E-state index is -4.56. The van der Waals surface area contributed by atoms with Crippen LogP contribution in [0.4, 0.5) is 13.2 Å². The number of hydrogen-bond acceptors (Lipinski definition) is 5. The van der Waals surface area contributed by atoms with Gasteiger partial charge in [-0.25, -0.2) is 8.42 Å². The summed E-state index contributed by atoms with van der Waals surface area (Å²) in [7, 11) is -1.56. The average molecular weight is 579 g/mol. The molecule has 0 radical (unpaired) electrons. The Bertz CT molecular complexity index is 1310. The summed E-state index contributed by atoms with van der Waals surface area (Å²) in [5, 5.41) is 0. The molecule has 6 nitrogen and oxygen atoms in total. The Balaban J connectivity index is 1.51. The summed E-state index contributed by atoms with van der Waals surface area (Å²) in [6.07, 6.45) is -2.23. The van der Waals surface area contributed by atoms with Crippen molar-refractivity contribution in [3.63, 3.8) is 0 Å². The number of carbonyl (C=O) groups is 2. The maximum atomic E-state index is 13.5. The summed E-state index contributed by atoms with van der Waals surface area (Å²) in [6, 6.07) is 12.8. The Kier molecular flexibility index (Phi) is 9.09. The molecule has 1 aliphatic carbocycles. The molecule has 218 valence electrons. The zero-order valence-electron chi connectivity index (χ0n) is 23.1. The van der Waals surface area contributed by atoms with Gasteiger partial charge in [-0.05, 0) is 76.8 Å². The maximum Gasteiger partial charge on any atom is 0.416 e. The highest BCUT2D eigenvalue weighted by Gasteiger charge is 2.44. The number of sulfone groups is 1. The fraction of sp³-hybridized carbons (Fsp3) is 0.533. The maximum absolute atomic E-state index is 13.5. The first kappa shape index (κ1) is 30.2. The summed E-state index contributed by atoms with van der Waals surface area (Å²) in [6.45, 7) is 4.59. The van der Waals surface area contributed by atoms with Crippen molar-refractivity contribution in [2.45, 2.75) is 75.1 Å². The van der Waals surface area contributed by atoms with Crippen molar-refractivity contribution in [2.24, 2.45) is 11.8 Å².